The maximum Gasteiger partial charge on any atom is 0.251 e. The quantitative estimate of drug-likeness (QED) is 0.775. The van der Waals surface area contributed by atoms with E-state index in [1.54, 1.807) is 31.3 Å². The summed E-state index contributed by atoms with van der Waals surface area (Å²) in [7, 11) is 1.54. The standard InChI is InChI=1S/C15H17N3O4/c1-16-15(22)10-2-4-11(5-3-10)17-12(19)8-9-18-13(20)6-7-14(18)21/h2-5H,6-9H2,1H3,(H,16,22)(H,17,19). The van der Waals surface area contributed by atoms with Crippen molar-refractivity contribution in [2.45, 2.75) is 19.3 Å². The Morgan fingerprint density at radius 1 is 1.09 bits per heavy atom. The smallest absolute Gasteiger partial charge is 0.251 e. The molecule has 0 spiro atoms. The summed E-state index contributed by atoms with van der Waals surface area (Å²) in [6, 6.07) is 6.44. The molecule has 0 aliphatic carbocycles. The van der Waals surface area contributed by atoms with Crippen LogP contribution in [-0.2, 0) is 14.4 Å². The van der Waals surface area contributed by atoms with Crippen molar-refractivity contribution in [3.63, 3.8) is 0 Å². The Morgan fingerprint density at radius 2 is 1.68 bits per heavy atom. The molecular weight excluding hydrogens is 286 g/mol. The second kappa shape index (κ2) is 6.84. The average Bonchev–Trinajstić information content (AvgIpc) is 2.84. The zero-order chi connectivity index (χ0) is 16.1. The molecule has 4 amide bonds. The summed E-state index contributed by atoms with van der Waals surface area (Å²) >= 11 is 0. The predicted molar refractivity (Wildman–Crippen MR) is 79.0 cm³/mol. The van der Waals surface area contributed by atoms with Gasteiger partial charge in [0.15, 0.2) is 0 Å². The summed E-state index contributed by atoms with van der Waals surface area (Å²) in [5.41, 5.74) is 1.05. The molecule has 1 aromatic carbocycles. The van der Waals surface area contributed by atoms with Crippen LogP contribution in [0, 0.1) is 0 Å². The van der Waals surface area contributed by atoms with Gasteiger partial charge in [-0.2, -0.15) is 0 Å². The third kappa shape index (κ3) is 3.69. The van der Waals surface area contributed by atoms with Gasteiger partial charge in [-0.05, 0) is 24.3 Å². The second-order valence-electron chi connectivity index (χ2n) is 4.89. The number of likely N-dealkylation sites (tertiary alicyclic amines) is 1. The number of hydrogen-bond donors (Lipinski definition) is 2. The number of nitrogens with one attached hydrogen (secondary N) is 2. The first kappa shape index (κ1) is 15.7. The monoisotopic (exact) mass is 303 g/mol. The Balaban J connectivity index is 1.85. The van der Waals surface area contributed by atoms with Crippen molar-refractivity contribution in [1.29, 1.82) is 0 Å². The fourth-order valence-electron chi connectivity index (χ4n) is 2.16. The fraction of sp³-hybridized carbons (Fsp3) is 0.333. The van der Waals surface area contributed by atoms with Crippen molar-refractivity contribution in [3.8, 4) is 0 Å². The fourth-order valence-corrected chi connectivity index (χ4v) is 2.16. The van der Waals surface area contributed by atoms with Crippen molar-refractivity contribution in [1.82, 2.24) is 10.2 Å². The molecule has 2 rings (SSSR count). The van der Waals surface area contributed by atoms with E-state index in [0.717, 1.165) is 4.90 Å². The van der Waals surface area contributed by atoms with Crippen molar-refractivity contribution >= 4 is 29.3 Å². The zero-order valence-electron chi connectivity index (χ0n) is 12.2. The zero-order valence-corrected chi connectivity index (χ0v) is 12.2. The van der Waals surface area contributed by atoms with E-state index < -0.39 is 0 Å². The molecular formula is C15H17N3O4. The van der Waals surface area contributed by atoms with Crippen LogP contribution in [0.4, 0.5) is 5.69 Å². The molecule has 1 heterocycles. The number of nitrogens with zero attached hydrogens (tertiary/aromatic N) is 1. The summed E-state index contributed by atoms with van der Waals surface area (Å²) in [6.45, 7) is 0.0970. The van der Waals surface area contributed by atoms with Crippen LogP contribution in [-0.4, -0.2) is 42.1 Å². The minimum atomic E-state index is -0.291. The summed E-state index contributed by atoms with van der Waals surface area (Å²) in [6.07, 6.45) is 0.498. The minimum Gasteiger partial charge on any atom is -0.355 e. The van der Waals surface area contributed by atoms with Gasteiger partial charge in [0, 0.05) is 44.1 Å². The van der Waals surface area contributed by atoms with Gasteiger partial charge < -0.3 is 10.6 Å². The Hall–Kier alpha value is -2.70. The van der Waals surface area contributed by atoms with Gasteiger partial charge in [-0.3, -0.25) is 24.1 Å². The number of rotatable bonds is 5. The van der Waals surface area contributed by atoms with Gasteiger partial charge in [0.05, 0.1) is 0 Å². The highest BCUT2D eigenvalue weighted by Gasteiger charge is 2.28. The molecule has 1 saturated heterocycles. The molecule has 0 bridgehead atoms. The average molecular weight is 303 g/mol. The Morgan fingerprint density at radius 3 is 2.23 bits per heavy atom. The molecule has 1 aliphatic heterocycles. The van der Waals surface area contributed by atoms with Gasteiger partial charge in [0.2, 0.25) is 17.7 Å². The lowest BCUT2D eigenvalue weighted by atomic mass is 10.2. The Kier molecular flexibility index (Phi) is 4.88. The molecule has 116 valence electrons. The van der Waals surface area contributed by atoms with E-state index in [2.05, 4.69) is 10.6 Å². The van der Waals surface area contributed by atoms with Gasteiger partial charge in [0.1, 0.15) is 0 Å². The highest BCUT2D eigenvalue weighted by atomic mass is 16.2. The van der Waals surface area contributed by atoms with E-state index in [9.17, 15) is 19.2 Å². The number of amides is 4. The number of imide groups is 1. The highest BCUT2D eigenvalue weighted by Crippen LogP contribution is 2.13. The van der Waals surface area contributed by atoms with Gasteiger partial charge >= 0.3 is 0 Å². The normalized spacial score (nSPS) is 14.1. The van der Waals surface area contributed by atoms with Crippen LogP contribution >= 0.6 is 0 Å². The topological polar surface area (TPSA) is 95.6 Å². The van der Waals surface area contributed by atoms with E-state index >= 15 is 0 Å². The van der Waals surface area contributed by atoms with Crippen LogP contribution < -0.4 is 10.6 Å². The van der Waals surface area contributed by atoms with E-state index in [0.29, 0.717) is 11.3 Å². The number of hydrogen-bond acceptors (Lipinski definition) is 4. The third-order valence-corrected chi connectivity index (χ3v) is 3.38. The van der Waals surface area contributed by atoms with Gasteiger partial charge in [-0.1, -0.05) is 0 Å². The number of anilines is 1. The second-order valence-corrected chi connectivity index (χ2v) is 4.89. The van der Waals surface area contributed by atoms with Gasteiger partial charge in [-0.15, -0.1) is 0 Å². The van der Waals surface area contributed by atoms with Crippen molar-refractivity contribution in [2.24, 2.45) is 0 Å². The van der Waals surface area contributed by atoms with Crippen molar-refractivity contribution < 1.29 is 19.2 Å². The van der Waals surface area contributed by atoms with Crippen LogP contribution in [0.2, 0.25) is 0 Å². The lowest BCUT2D eigenvalue weighted by molar-refractivity contribution is -0.138. The lowest BCUT2D eigenvalue weighted by Gasteiger charge is -2.13. The molecule has 1 fully saturated rings. The molecule has 2 N–H and O–H groups in total. The van der Waals surface area contributed by atoms with E-state index in [-0.39, 0.29) is 49.4 Å². The predicted octanol–water partition coefficient (Wildman–Crippen LogP) is 0.524. The molecule has 0 radical (unpaired) electrons. The number of carbonyl (C=O) groups excluding carboxylic acids is 4. The Bertz CT molecular complexity index is 594. The summed E-state index contributed by atoms with van der Waals surface area (Å²) in [5.74, 6) is -0.954. The van der Waals surface area contributed by atoms with E-state index in [1.807, 2.05) is 0 Å². The molecule has 0 saturated carbocycles. The summed E-state index contributed by atoms with van der Waals surface area (Å²) in [5, 5.41) is 5.17. The summed E-state index contributed by atoms with van der Waals surface area (Å²) in [4.78, 5) is 47.2. The maximum atomic E-state index is 11.8. The Labute approximate surface area is 127 Å². The van der Waals surface area contributed by atoms with Crippen LogP contribution in [0.25, 0.3) is 0 Å². The van der Waals surface area contributed by atoms with E-state index in [4.69, 9.17) is 0 Å². The van der Waals surface area contributed by atoms with Gasteiger partial charge in [0.25, 0.3) is 5.91 Å². The molecule has 7 nitrogen and oxygen atoms in total. The maximum absolute atomic E-state index is 11.8. The first-order valence-electron chi connectivity index (χ1n) is 6.96. The van der Waals surface area contributed by atoms with E-state index in [1.165, 1.54) is 0 Å². The largest absolute Gasteiger partial charge is 0.355 e. The molecule has 7 heteroatoms. The number of carbonyl (C=O) groups is 4. The SMILES string of the molecule is CNC(=O)c1ccc(NC(=O)CCN2C(=O)CCC2=O)cc1. The first-order chi connectivity index (χ1) is 10.5. The van der Waals surface area contributed by atoms with Crippen LogP contribution in [0.15, 0.2) is 24.3 Å². The van der Waals surface area contributed by atoms with Gasteiger partial charge in [-0.25, -0.2) is 0 Å². The van der Waals surface area contributed by atoms with Crippen molar-refractivity contribution in [2.75, 3.05) is 18.9 Å². The lowest BCUT2D eigenvalue weighted by Crippen LogP contribution is -2.32. The van der Waals surface area contributed by atoms with Crippen LogP contribution in [0.3, 0.4) is 0 Å². The first-order valence-corrected chi connectivity index (χ1v) is 6.96. The highest BCUT2D eigenvalue weighted by molar-refractivity contribution is 6.02. The number of benzene rings is 1. The van der Waals surface area contributed by atoms with Crippen molar-refractivity contribution in [3.05, 3.63) is 29.8 Å². The third-order valence-electron chi connectivity index (χ3n) is 3.38. The molecule has 1 aliphatic rings. The van der Waals surface area contributed by atoms with Crippen LogP contribution in [0.5, 0.6) is 0 Å². The minimum absolute atomic E-state index is 0.0503. The molecule has 0 atom stereocenters. The summed E-state index contributed by atoms with van der Waals surface area (Å²) < 4.78 is 0. The van der Waals surface area contributed by atoms with Crippen LogP contribution in [0.1, 0.15) is 29.6 Å². The molecule has 1 aromatic rings. The molecule has 0 aromatic heterocycles. The molecule has 22 heavy (non-hydrogen) atoms. The molecule has 0 unspecified atom stereocenters.